The van der Waals surface area contributed by atoms with Gasteiger partial charge >= 0.3 is 12.1 Å². The van der Waals surface area contributed by atoms with Gasteiger partial charge in [-0.15, -0.1) is 0 Å². The lowest BCUT2D eigenvalue weighted by atomic mass is 9.84. The Morgan fingerprint density at radius 1 is 1.38 bits per heavy atom. The Morgan fingerprint density at radius 2 is 2.00 bits per heavy atom. The second kappa shape index (κ2) is 5.96. The predicted octanol–water partition coefficient (Wildman–Crippen LogP) is 2.43. The molecule has 2 unspecified atom stereocenters. The summed E-state index contributed by atoms with van der Waals surface area (Å²) >= 11 is 1.81. The molecule has 0 aliphatic carbocycles. The highest BCUT2D eigenvalue weighted by molar-refractivity contribution is 7.99. The first-order valence-corrected chi connectivity index (χ1v) is 8.14. The molecule has 21 heavy (non-hydrogen) atoms. The summed E-state index contributed by atoms with van der Waals surface area (Å²) in [6, 6.07) is -0.496. The Labute approximate surface area is 125 Å². The molecule has 4 nitrogen and oxygen atoms in total. The first-order valence-electron chi connectivity index (χ1n) is 6.98. The SMILES string of the molecule is CC(NC1CCOC2(CCSCC2)C1)(C(=O)O)C(F)(F)F. The molecule has 2 saturated heterocycles. The minimum atomic E-state index is -4.84. The highest BCUT2D eigenvalue weighted by atomic mass is 32.2. The number of thioether (sulfide) groups is 1. The summed E-state index contributed by atoms with van der Waals surface area (Å²) in [4.78, 5) is 11.1. The van der Waals surface area contributed by atoms with Crippen LogP contribution in [0, 0.1) is 0 Å². The normalized spacial score (nSPS) is 29.0. The average Bonchev–Trinajstić information content (AvgIpc) is 2.38. The molecule has 0 bridgehead atoms. The van der Waals surface area contributed by atoms with Gasteiger partial charge in [-0.05, 0) is 44.1 Å². The van der Waals surface area contributed by atoms with Crippen molar-refractivity contribution >= 4 is 17.7 Å². The van der Waals surface area contributed by atoms with Gasteiger partial charge in [0.05, 0.1) is 5.60 Å². The molecule has 2 atom stereocenters. The quantitative estimate of drug-likeness (QED) is 0.834. The number of hydrogen-bond donors (Lipinski definition) is 2. The molecule has 2 fully saturated rings. The molecule has 122 valence electrons. The number of carboxylic acid groups (broad SMARTS) is 1. The largest absolute Gasteiger partial charge is 0.480 e. The molecule has 0 aromatic heterocycles. The fourth-order valence-electron chi connectivity index (χ4n) is 2.92. The van der Waals surface area contributed by atoms with Crippen molar-refractivity contribution in [1.82, 2.24) is 5.32 Å². The van der Waals surface area contributed by atoms with Gasteiger partial charge in [0.2, 0.25) is 5.54 Å². The Hall–Kier alpha value is -0.470. The molecule has 2 N–H and O–H groups in total. The van der Waals surface area contributed by atoms with E-state index in [4.69, 9.17) is 9.84 Å². The van der Waals surface area contributed by atoms with Crippen LogP contribution in [-0.4, -0.2) is 52.5 Å². The first kappa shape index (κ1) is 16.9. The maximum atomic E-state index is 13.1. The minimum Gasteiger partial charge on any atom is -0.480 e. The third kappa shape index (κ3) is 3.48. The van der Waals surface area contributed by atoms with Gasteiger partial charge in [0.25, 0.3) is 0 Å². The van der Waals surface area contributed by atoms with Crippen molar-refractivity contribution in [3.05, 3.63) is 0 Å². The second-order valence-electron chi connectivity index (χ2n) is 5.91. The van der Waals surface area contributed by atoms with E-state index in [1.54, 1.807) is 0 Å². The van der Waals surface area contributed by atoms with Crippen molar-refractivity contribution in [3.8, 4) is 0 Å². The standard InChI is InChI=1S/C13H20F3NO3S/c1-11(10(18)19,13(14,15)16)17-9-2-5-20-12(8-9)3-6-21-7-4-12/h9,17H,2-8H2,1H3,(H,18,19). The molecule has 0 saturated carbocycles. The van der Waals surface area contributed by atoms with Crippen LogP contribution in [0.5, 0.6) is 0 Å². The molecule has 0 amide bonds. The Morgan fingerprint density at radius 3 is 2.52 bits per heavy atom. The number of rotatable bonds is 3. The van der Waals surface area contributed by atoms with Gasteiger partial charge in [0.1, 0.15) is 0 Å². The van der Waals surface area contributed by atoms with Gasteiger partial charge in [-0.2, -0.15) is 24.9 Å². The lowest BCUT2D eigenvalue weighted by Gasteiger charge is -2.45. The maximum Gasteiger partial charge on any atom is 0.417 e. The zero-order chi connectivity index (χ0) is 15.7. The van der Waals surface area contributed by atoms with E-state index in [0.29, 0.717) is 26.4 Å². The van der Waals surface area contributed by atoms with E-state index in [0.717, 1.165) is 24.3 Å². The number of aliphatic carboxylic acids is 1. The molecule has 2 heterocycles. The molecule has 2 aliphatic rings. The first-order chi connectivity index (χ1) is 9.69. The van der Waals surface area contributed by atoms with Gasteiger partial charge in [0.15, 0.2) is 0 Å². The van der Waals surface area contributed by atoms with Crippen LogP contribution in [-0.2, 0) is 9.53 Å². The van der Waals surface area contributed by atoms with Crippen molar-refractivity contribution in [2.45, 2.75) is 56.0 Å². The van der Waals surface area contributed by atoms with Crippen LogP contribution in [0.15, 0.2) is 0 Å². The summed E-state index contributed by atoms with van der Waals surface area (Å²) in [5, 5.41) is 11.3. The second-order valence-corrected chi connectivity index (χ2v) is 7.13. The molecular weight excluding hydrogens is 307 g/mol. The lowest BCUT2D eigenvalue weighted by Crippen LogP contribution is -2.64. The maximum absolute atomic E-state index is 13.1. The summed E-state index contributed by atoms with van der Waals surface area (Å²) in [6.45, 7) is 1.06. The fourth-order valence-corrected chi connectivity index (χ4v) is 4.15. The number of alkyl halides is 3. The highest BCUT2D eigenvalue weighted by Crippen LogP contribution is 2.39. The summed E-state index contributed by atoms with van der Waals surface area (Å²) in [7, 11) is 0. The Bertz CT molecular complexity index is 393. The molecule has 8 heteroatoms. The molecule has 1 spiro atoms. The van der Waals surface area contributed by atoms with E-state index in [1.807, 2.05) is 11.8 Å². The molecule has 0 aromatic rings. The van der Waals surface area contributed by atoms with Crippen molar-refractivity contribution in [2.75, 3.05) is 18.1 Å². The van der Waals surface area contributed by atoms with Crippen LogP contribution >= 0.6 is 11.8 Å². The number of carboxylic acids is 1. The van der Waals surface area contributed by atoms with E-state index in [2.05, 4.69) is 5.32 Å². The summed E-state index contributed by atoms with van der Waals surface area (Å²) in [6.07, 6.45) is -2.38. The topological polar surface area (TPSA) is 58.6 Å². The molecular formula is C13H20F3NO3S. The smallest absolute Gasteiger partial charge is 0.417 e. The van der Waals surface area contributed by atoms with Crippen LogP contribution in [0.4, 0.5) is 13.2 Å². The number of halogens is 3. The third-order valence-corrected chi connectivity index (χ3v) is 5.37. The molecule has 2 aliphatic heterocycles. The fraction of sp³-hybridized carbons (Fsp3) is 0.923. The van der Waals surface area contributed by atoms with Gasteiger partial charge < -0.3 is 9.84 Å². The van der Waals surface area contributed by atoms with Crippen molar-refractivity contribution < 1.29 is 27.8 Å². The molecule has 0 radical (unpaired) electrons. The van der Waals surface area contributed by atoms with Crippen LogP contribution in [0.3, 0.4) is 0 Å². The van der Waals surface area contributed by atoms with Crippen molar-refractivity contribution in [1.29, 1.82) is 0 Å². The van der Waals surface area contributed by atoms with Gasteiger partial charge in [0, 0.05) is 12.6 Å². The van der Waals surface area contributed by atoms with Gasteiger partial charge in [-0.1, -0.05) is 0 Å². The van der Waals surface area contributed by atoms with Crippen LogP contribution in [0.2, 0.25) is 0 Å². The summed E-state index contributed by atoms with van der Waals surface area (Å²) < 4.78 is 45.0. The number of carbonyl (C=O) groups is 1. The number of ether oxygens (including phenoxy) is 1. The zero-order valence-electron chi connectivity index (χ0n) is 11.8. The van der Waals surface area contributed by atoms with Crippen LogP contribution < -0.4 is 5.32 Å². The average molecular weight is 327 g/mol. The summed E-state index contributed by atoms with van der Waals surface area (Å²) in [5.41, 5.74) is -3.30. The minimum absolute atomic E-state index is 0.371. The van der Waals surface area contributed by atoms with Crippen molar-refractivity contribution in [3.63, 3.8) is 0 Å². The van der Waals surface area contributed by atoms with Crippen LogP contribution in [0.25, 0.3) is 0 Å². The highest BCUT2D eigenvalue weighted by Gasteiger charge is 2.58. The number of hydrogen-bond acceptors (Lipinski definition) is 4. The number of nitrogens with one attached hydrogen (secondary N) is 1. The van der Waals surface area contributed by atoms with E-state index in [-0.39, 0.29) is 5.60 Å². The van der Waals surface area contributed by atoms with E-state index < -0.39 is 23.7 Å². The molecule has 0 aromatic carbocycles. The lowest BCUT2D eigenvalue weighted by molar-refractivity contribution is -0.210. The molecule has 2 rings (SSSR count). The van der Waals surface area contributed by atoms with Crippen molar-refractivity contribution in [2.24, 2.45) is 0 Å². The van der Waals surface area contributed by atoms with Gasteiger partial charge in [-0.25, -0.2) is 4.79 Å². The van der Waals surface area contributed by atoms with Crippen LogP contribution in [0.1, 0.15) is 32.6 Å². The van der Waals surface area contributed by atoms with E-state index >= 15 is 0 Å². The summed E-state index contributed by atoms with van der Waals surface area (Å²) in [5.74, 6) is -0.0283. The zero-order valence-corrected chi connectivity index (χ0v) is 12.6. The van der Waals surface area contributed by atoms with E-state index in [9.17, 15) is 18.0 Å². The Balaban J connectivity index is 2.09. The predicted molar refractivity (Wildman–Crippen MR) is 73.5 cm³/mol. The van der Waals surface area contributed by atoms with Gasteiger partial charge in [-0.3, -0.25) is 5.32 Å². The van der Waals surface area contributed by atoms with E-state index in [1.165, 1.54) is 0 Å². The third-order valence-electron chi connectivity index (χ3n) is 4.38. The Kier molecular flexibility index (Phi) is 4.80. The monoisotopic (exact) mass is 327 g/mol.